The number of nitrogens with two attached hydrogens (primary N) is 1. The monoisotopic (exact) mass is 381 g/mol. The Labute approximate surface area is 165 Å². The van der Waals surface area contributed by atoms with Gasteiger partial charge in [0, 0.05) is 18.7 Å². The van der Waals surface area contributed by atoms with Gasteiger partial charge in [0.15, 0.2) is 0 Å². The van der Waals surface area contributed by atoms with Gasteiger partial charge in [-0.05, 0) is 48.2 Å². The summed E-state index contributed by atoms with van der Waals surface area (Å²) in [6.07, 6.45) is 0.864. The fraction of sp³-hybridized carbons (Fsp3) is 0.364. The molecule has 1 fully saturated rings. The number of rotatable bonds is 6. The van der Waals surface area contributed by atoms with Gasteiger partial charge in [0.1, 0.15) is 11.8 Å². The summed E-state index contributed by atoms with van der Waals surface area (Å²) in [6.45, 7) is 3.87. The van der Waals surface area contributed by atoms with E-state index >= 15 is 0 Å². The number of ether oxygens (including phenoxy) is 1. The molecule has 3 N–H and O–H groups in total. The van der Waals surface area contributed by atoms with Crippen molar-refractivity contribution >= 4 is 11.8 Å². The molecule has 1 aliphatic heterocycles. The van der Waals surface area contributed by atoms with Crippen LogP contribution in [0.5, 0.6) is 5.75 Å². The van der Waals surface area contributed by atoms with Crippen LogP contribution in [0.1, 0.15) is 35.3 Å². The van der Waals surface area contributed by atoms with Gasteiger partial charge in [-0.1, -0.05) is 37.3 Å². The van der Waals surface area contributed by atoms with E-state index < -0.39 is 6.04 Å². The van der Waals surface area contributed by atoms with Crippen LogP contribution in [-0.4, -0.2) is 43.5 Å². The van der Waals surface area contributed by atoms with Gasteiger partial charge in [0.05, 0.1) is 7.11 Å². The molecule has 2 atom stereocenters. The summed E-state index contributed by atoms with van der Waals surface area (Å²) in [4.78, 5) is 27.9. The zero-order chi connectivity index (χ0) is 20.1. The van der Waals surface area contributed by atoms with Crippen molar-refractivity contribution in [3.63, 3.8) is 0 Å². The fourth-order valence-electron chi connectivity index (χ4n) is 3.45. The number of carbonyl (C=O) groups excluding carboxylic acids is 2. The first-order valence-electron chi connectivity index (χ1n) is 9.44. The molecule has 1 aliphatic rings. The number of likely N-dealkylation sites (tertiary alicyclic amines) is 1. The molecule has 3 rings (SSSR count). The van der Waals surface area contributed by atoms with Crippen molar-refractivity contribution in [1.82, 2.24) is 10.2 Å². The number of nitrogens with one attached hydrogen (secondary N) is 1. The highest BCUT2D eigenvalue weighted by Gasteiger charge is 2.38. The number of benzene rings is 2. The number of hydrogen-bond donors (Lipinski definition) is 2. The van der Waals surface area contributed by atoms with Crippen LogP contribution >= 0.6 is 0 Å². The van der Waals surface area contributed by atoms with E-state index in [1.165, 1.54) is 0 Å². The molecule has 2 amide bonds. The van der Waals surface area contributed by atoms with Crippen LogP contribution in [0.25, 0.3) is 0 Å². The highest BCUT2D eigenvalue weighted by atomic mass is 16.5. The Morgan fingerprint density at radius 3 is 2.43 bits per heavy atom. The lowest BCUT2D eigenvalue weighted by Crippen LogP contribution is -2.43. The maximum absolute atomic E-state index is 13.3. The minimum Gasteiger partial charge on any atom is -0.497 e. The van der Waals surface area contributed by atoms with Gasteiger partial charge in [-0.15, -0.1) is 0 Å². The third-order valence-electron chi connectivity index (χ3n) is 5.37. The lowest BCUT2D eigenvalue weighted by atomic mass is 9.90. The minimum absolute atomic E-state index is 0.0725. The van der Waals surface area contributed by atoms with Crippen LogP contribution in [0.3, 0.4) is 0 Å². The van der Waals surface area contributed by atoms with Gasteiger partial charge in [-0.3, -0.25) is 9.59 Å². The number of hydrogen-bond acceptors (Lipinski definition) is 4. The Kier molecular flexibility index (Phi) is 5.99. The Bertz CT molecular complexity index is 823. The van der Waals surface area contributed by atoms with Crippen molar-refractivity contribution in [3.8, 4) is 5.75 Å². The first kappa shape index (κ1) is 19.9. The van der Waals surface area contributed by atoms with E-state index in [1.807, 2.05) is 30.3 Å². The van der Waals surface area contributed by atoms with Gasteiger partial charge in [0.2, 0.25) is 5.91 Å². The quantitative estimate of drug-likeness (QED) is 0.805. The standard InChI is InChI=1S/C22H27N3O3/c1-22(14-23)12-13-25(15-22)21(27)19(16-6-4-3-5-7-16)24-20(26)17-8-10-18(28-2)11-9-17/h3-11,19H,12-15,23H2,1-2H3,(H,24,26). The molecule has 0 radical (unpaired) electrons. The fourth-order valence-corrected chi connectivity index (χ4v) is 3.45. The molecule has 6 nitrogen and oxygen atoms in total. The van der Waals surface area contributed by atoms with Crippen LogP contribution in [0, 0.1) is 5.41 Å². The molecule has 6 heteroatoms. The number of nitrogens with zero attached hydrogens (tertiary/aromatic N) is 1. The smallest absolute Gasteiger partial charge is 0.252 e. The van der Waals surface area contributed by atoms with E-state index in [9.17, 15) is 9.59 Å². The molecule has 0 spiro atoms. The molecule has 0 aromatic heterocycles. The van der Waals surface area contributed by atoms with E-state index in [0.717, 1.165) is 12.0 Å². The van der Waals surface area contributed by atoms with Crippen molar-refractivity contribution in [1.29, 1.82) is 0 Å². The van der Waals surface area contributed by atoms with E-state index in [4.69, 9.17) is 10.5 Å². The predicted molar refractivity (Wildman–Crippen MR) is 108 cm³/mol. The topological polar surface area (TPSA) is 84.7 Å². The lowest BCUT2D eigenvalue weighted by molar-refractivity contribution is -0.132. The maximum Gasteiger partial charge on any atom is 0.252 e. The molecule has 0 aliphatic carbocycles. The minimum atomic E-state index is -0.740. The number of carbonyl (C=O) groups is 2. The second kappa shape index (κ2) is 8.44. The summed E-state index contributed by atoms with van der Waals surface area (Å²) < 4.78 is 5.13. The molecule has 28 heavy (non-hydrogen) atoms. The van der Waals surface area contributed by atoms with Crippen LogP contribution in [-0.2, 0) is 4.79 Å². The third-order valence-corrected chi connectivity index (χ3v) is 5.37. The Hall–Kier alpha value is -2.86. The van der Waals surface area contributed by atoms with Crippen molar-refractivity contribution in [2.75, 3.05) is 26.7 Å². The van der Waals surface area contributed by atoms with Crippen molar-refractivity contribution in [2.45, 2.75) is 19.4 Å². The summed E-state index contributed by atoms with van der Waals surface area (Å²) in [7, 11) is 1.57. The normalized spacial score (nSPS) is 19.9. The van der Waals surface area contributed by atoms with E-state index in [-0.39, 0.29) is 17.2 Å². The van der Waals surface area contributed by atoms with Crippen molar-refractivity contribution < 1.29 is 14.3 Å². The molecule has 2 aromatic rings. The van der Waals surface area contributed by atoms with Crippen molar-refractivity contribution in [2.24, 2.45) is 11.1 Å². The highest BCUT2D eigenvalue weighted by Crippen LogP contribution is 2.30. The van der Waals surface area contributed by atoms with E-state index in [1.54, 1.807) is 36.3 Å². The maximum atomic E-state index is 13.3. The van der Waals surface area contributed by atoms with Gasteiger partial charge in [-0.25, -0.2) is 0 Å². The molecular weight excluding hydrogens is 354 g/mol. The summed E-state index contributed by atoms with van der Waals surface area (Å²) in [5, 5.41) is 2.91. The van der Waals surface area contributed by atoms with Gasteiger partial charge in [-0.2, -0.15) is 0 Å². The molecule has 0 saturated carbocycles. The van der Waals surface area contributed by atoms with E-state index in [2.05, 4.69) is 12.2 Å². The van der Waals surface area contributed by atoms with Crippen molar-refractivity contribution in [3.05, 3.63) is 65.7 Å². The second-order valence-electron chi connectivity index (χ2n) is 7.57. The zero-order valence-corrected chi connectivity index (χ0v) is 16.4. The largest absolute Gasteiger partial charge is 0.497 e. The lowest BCUT2D eigenvalue weighted by Gasteiger charge is -2.27. The SMILES string of the molecule is COc1ccc(C(=O)NC(C(=O)N2CCC(C)(CN)C2)c2ccccc2)cc1. The summed E-state index contributed by atoms with van der Waals surface area (Å²) in [5.74, 6) is 0.265. The number of amides is 2. The third kappa shape index (κ3) is 4.34. The summed E-state index contributed by atoms with van der Waals surface area (Å²) >= 11 is 0. The molecular formula is C22H27N3O3. The highest BCUT2D eigenvalue weighted by molar-refractivity contribution is 5.98. The average molecular weight is 381 g/mol. The van der Waals surface area contributed by atoms with E-state index in [0.29, 0.717) is 30.9 Å². The zero-order valence-electron chi connectivity index (χ0n) is 16.4. The summed E-state index contributed by atoms with van der Waals surface area (Å²) in [6, 6.07) is 15.4. The second-order valence-corrected chi connectivity index (χ2v) is 7.57. The predicted octanol–water partition coefficient (Wildman–Crippen LogP) is 2.36. The first-order valence-corrected chi connectivity index (χ1v) is 9.44. The molecule has 2 aromatic carbocycles. The van der Waals surface area contributed by atoms with Crippen LogP contribution in [0.2, 0.25) is 0 Å². The van der Waals surface area contributed by atoms with Gasteiger partial charge < -0.3 is 20.7 Å². The Morgan fingerprint density at radius 2 is 1.86 bits per heavy atom. The van der Waals surface area contributed by atoms with Gasteiger partial charge >= 0.3 is 0 Å². The van der Waals surface area contributed by atoms with Crippen LogP contribution in [0.4, 0.5) is 0 Å². The molecule has 1 heterocycles. The molecule has 1 saturated heterocycles. The molecule has 0 bridgehead atoms. The van der Waals surface area contributed by atoms with Crippen LogP contribution in [0.15, 0.2) is 54.6 Å². The average Bonchev–Trinajstić information content (AvgIpc) is 3.15. The van der Waals surface area contributed by atoms with Crippen LogP contribution < -0.4 is 15.8 Å². The Morgan fingerprint density at radius 1 is 1.18 bits per heavy atom. The summed E-state index contributed by atoms with van der Waals surface area (Å²) in [5.41, 5.74) is 7.04. The van der Waals surface area contributed by atoms with Gasteiger partial charge in [0.25, 0.3) is 5.91 Å². The molecule has 148 valence electrons. The Balaban J connectivity index is 1.81. The molecule has 2 unspecified atom stereocenters. The first-order chi connectivity index (χ1) is 13.5. The number of methoxy groups -OCH3 is 1.